The molecule has 16 heavy (non-hydrogen) atoms. The number of nitrogen functional groups attached to an aromatic ring is 1. The molecule has 0 saturated heterocycles. The van der Waals surface area contributed by atoms with Crippen molar-refractivity contribution in [2.24, 2.45) is 0 Å². The van der Waals surface area contributed by atoms with Crippen LogP contribution in [0.25, 0.3) is 11.3 Å². The van der Waals surface area contributed by atoms with Crippen LogP contribution in [0.5, 0.6) is 0 Å². The zero-order valence-electron chi connectivity index (χ0n) is 8.51. The van der Waals surface area contributed by atoms with Crippen molar-refractivity contribution in [1.82, 2.24) is 0 Å². The number of carboxylic acid groups (broad SMARTS) is 1. The number of rotatable bonds is 3. The van der Waals surface area contributed by atoms with Crippen LogP contribution in [0.15, 0.2) is 40.8 Å². The van der Waals surface area contributed by atoms with E-state index < -0.39 is 5.97 Å². The van der Waals surface area contributed by atoms with Crippen molar-refractivity contribution < 1.29 is 14.3 Å². The van der Waals surface area contributed by atoms with E-state index in [4.69, 9.17) is 15.3 Å². The van der Waals surface area contributed by atoms with Gasteiger partial charge in [-0.1, -0.05) is 12.1 Å². The quantitative estimate of drug-likeness (QED) is 0.772. The van der Waals surface area contributed by atoms with Gasteiger partial charge in [-0.2, -0.15) is 0 Å². The van der Waals surface area contributed by atoms with Crippen LogP contribution >= 0.6 is 0 Å². The summed E-state index contributed by atoms with van der Waals surface area (Å²) < 4.78 is 5.40. The average Bonchev–Trinajstić information content (AvgIpc) is 2.66. The lowest BCUT2D eigenvalue weighted by molar-refractivity contribution is -0.136. The highest BCUT2D eigenvalue weighted by atomic mass is 16.4. The first-order valence-electron chi connectivity index (χ1n) is 4.82. The number of nitrogens with two attached hydrogens (primary N) is 1. The van der Waals surface area contributed by atoms with Crippen molar-refractivity contribution in [3.05, 3.63) is 42.2 Å². The highest BCUT2D eigenvalue weighted by molar-refractivity contribution is 5.73. The fourth-order valence-corrected chi connectivity index (χ4v) is 1.49. The highest BCUT2D eigenvalue weighted by Crippen LogP contribution is 2.27. The van der Waals surface area contributed by atoms with Gasteiger partial charge in [0.15, 0.2) is 0 Å². The molecule has 3 N–H and O–H groups in total. The molecule has 0 spiro atoms. The number of benzene rings is 1. The van der Waals surface area contributed by atoms with Gasteiger partial charge in [0.05, 0.1) is 0 Å². The SMILES string of the molecule is Nc1ccccc1-c1ccc(CC(=O)O)o1. The number of hydrogen-bond acceptors (Lipinski definition) is 3. The van der Waals surface area contributed by atoms with E-state index in [0.717, 1.165) is 5.56 Å². The van der Waals surface area contributed by atoms with Crippen LogP contribution in [0.1, 0.15) is 5.76 Å². The molecule has 0 saturated carbocycles. The molecule has 0 radical (unpaired) electrons. The zero-order valence-corrected chi connectivity index (χ0v) is 8.51. The molecule has 0 atom stereocenters. The number of carboxylic acids is 1. The van der Waals surface area contributed by atoms with Crippen molar-refractivity contribution in [1.29, 1.82) is 0 Å². The van der Waals surface area contributed by atoms with Crippen molar-refractivity contribution in [2.75, 3.05) is 5.73 Å². The normalized spacial score (nSPS) is 10.2. The van der Waals surface area contributed by atoms with Crippen molar-refractivity contribution in [3.63, 3.8) is 0 Å². The first kappa shape index (κ1) is 10.3. The van der Waals surface area contributed by atoms with Gasteiger partial charge in [-0.05, 0) is 24.3 Å². The Bertz CT molecular complexity index is 516. The molecule has 2 aromatic rings. The Morgan fingerprint density at radius 1 is 1.25 bits per heavy atom. The third-order valence-electron chi connectivity index (χ3n) is 2.21. The number of anilines is 1. The molecule has 0 amide bonds. The summed E-state index contributed by atoms with van der Waals surface area (Å²) in [6.45, 7) is 0. The minimum Gasteiger partial charge on any atom is -0.481 e. The van der Waals surface area contributed by atoms with Crippen LogP contribution in [0.2, 0.25) is 0 Å². The highest BCUT2D eigenvalue weighted by Gasteiger charge is 2.09. The number of para-hydroxylation sites is 1. The predicted octanol–water partition coefficient (Wildman–Crippen LogP) is 2.16. The summed E-state index contributed by atoms with van der Waals surface area (Å²) in [5, 5.41) is 8.62. The Labute approximate surface area is 92.3 Å². The monoisotopic (exact) mass is 217 g/mol. The van der Waals surface area contributed by atoms with Crippen LogP contribution in [0.4, 0.5) is 5.69 Å². The summed E-state index contributed by atoms with van der Waals surface area (Å²) in [4.78, 5) is 10.5. The molecule has 0 bridgehead atoms. The molecule has 0 aliphatic rings. The smallest absolute Gasteiger partial charge is 0.311 e. The minimum atomic E-state index is -0.915. The third kappa shape index (κ3) is 2.06. The summed E-state index contributed by atoms with van der Waals surface area (Å²) in [6.07, 6.45) is -0.118. The maximum absolute atomic E-state index is 10.5. The van der Waals surface area contributed by atoms with Gasteiger partial charge in [0.2, 0.25) is 0 Å². The van der Waals surface area contributed by atoms with Gasteiger partial charge in [-0.15, -0.1) is 0 Å². The molecule has 1 heterocycles. The second-order valence-electron chi connectivity index (χ2n) is 3.42. The Hall–Kier alpha value is -2.23. The van der Waals surface area contributed by atoms with E-state index >= 15 is 0 Å². The zero-order chi connectivity index (χ0) is 11.5. The number of hydrogen-bond donors (Lipinski definition) is 2. The molecular weight excluding hydrogens is 206 g/mol. The summed E-state index contributed by atoms with van der Waals surface area (Å²) >= 11 is 0. The molecule has 82 valence electrons. The average molecular weight is 217 g/mol. The van der Waals surface area contributed by atoms with Crippen LogP contribution < -0.4 is 5.73 Å². The Kier molecular flexibility index (Phi) is 2.64. The van der Waals surface area contributed by atoms with Gasteiger partial charge in [-0.3, -0.25) is 4.79 Å². The van der Waals surface area contributed by atoms with E-state index in [0.29, 0.717) is 17.2 Å². The van der Waals surface area contributed by atoms with Crippen molar-refractivity contribution in [2.45, 2.75) is 6.42 Å². The van der Waals surface area contributed by atoms with E-state index in [1.807, 2.05) is 18.2 Å². The van der Waals surface area contributed by atoms with Crippen LogP contribution in [0, 0.1) is 0 Å². The molecule has 4 heteroatoms. The van der Waals surface area contributed by atoms with Gasteiger partial charge >= 0.3 is 5.97 Å². The first-order valence-corrected chi connectivity index (χ1v) is 4.82. The molecule has 0 aliphatic carbocycles. The van der Waals surface area contributed by atoms with E-state index in [1.165, 1.54) is 0 Å². The Morgan fingerprint density at radius 2 is 2.00 bits per heavy atom. The fourth-order valence-electron chi connectivity index (χ4n) is 1.49. The van der Waals surface area contributed by atoms with Crippen molar-refractivity contribution in [3.8, 4) is 11.3 Å². The summed E-state index contributed by atoms with van der Waals surface area (Å²) in [7, 11) is 0. The lowest BCUT2D eigenvalue weighted by atomic mass is 10.1. The van der Waals surface area contributed by atoms with E-state index in [1.54, 1.807) is 18.2 Å². The minimum absolute atomic E-state index is 0.118. The van der Waals surface area contributed by atoms with E-state index in [-0.39, 0.29) is 6.42 Å². The number of aliphatic carboxylic acids is 1. The van der Waals surface area contributed by atoms with Gasteiger partial charge < -0.3 is 15.3 Å². The molecular formula is C12H11NO3. The summed E-state index contributed by atoms with van der Waals surface area (Å²) in [6, 6.07) is 10.7. The number of carbonyl (C=O) groups is 1. The Balaban J connectivity index is 2.32. The van der Waals surface area contributed by atoms with Crippen LogP contribution in [0.3, 0.4) is 0 Å². The predicted molar refractivity (Wildman–Crippen MR) is 59.9 cm³/mol. The standard InChI is InChI=1S/C12H11NO3/c13-10-4-2-1-3-9(10)11-6-5-8(16-11)7-12(14)15/h1-6H,7,13H2,(H,14,15). The lowest BCUT2D eigenvalue weighted by Crippen LogP contribution is -1.97. The molecule has 0 unspecified atom stereocenters. The molecule has 0 fully saturated rings. The van der Waals surface area contributed by atoms with Gasteiger partial charge in [-0.25, -0.2) is 0 Å². The van der Waals surface area contributed by atoms with Gasteiger partial charge in [0.25, 0.3) is 0 Å². The third-order valence-corrected chi connectivity index (χ3v) is 2.21. The second-order valence-corrected chi connectivity index (χ2v) is 3.42. The molecule has 4 nitrogen and oxygen atoms in total. The van der Waals surface area contributed by atoms with Crippen LogP contribution in [-0.4, -0.2) is 11.1 Å². The molecule has 2 rings (SSSR count). The molecule has 1 aromatic carbocycles. The second kappa shape index (κ2) is 4.10. The molecule has 0 aliphatic heterocycles. The summed E-state index contributed by atoms with van der Waals surface area (Å²) in [5.41, 5.74) is 7.17. The fraction of sp³-hybridized carbons (Fsp3) is 0.0833. The first-order chi connectivity index (χ1) is 7.66. The largest absolute Gasteiger partial charge is 0.481 e. The van der Waals surface area contributed by atoms with Gasteiger partial charge in [0.1, 0.15) is 17.9 Å². The van der Waals surface area contributed by atoms with Gasteiger partial charge in [0, 0.05) is 11.3 Å². The topological polar surface area (TPSA) is 76.5 Å². The maximum atomic E-state index is 10.5. The van der Waals surface area contributed by atoms with Crippen LogP contribution in [-0.2, 0) is 11.2 Å². The maximum Gasteiger partial charge on any atom is 0.311 e. The van der Waals surface area contributed by atoms with E-state index in [2.05, 4.69) is 0 Å². The summed E-state index contributed by atoms with van der Waals surface area (Å²) in [5.74, 6) is 0.0991. The van der Waals surface area contributed by atoms with Crippen molar-refractivity contribution >= 4 is 11.7 Å². The lowest BCUT2D eigenvalue weighted by Gasteiger charge is -2.00. The Morgan fingerprint density at radius 3 is 2.69 bits per heavy atom. The van der Waals surface area contributed by atoms with E-state index in [9.17, 15) is 4.79 Å². The molecule has 1 aromatic heterocycles. The number of furan rings is 1.